The number of carboxylic acid groups (broad SMARTS) is 1. The van der Waals surface area contributed by atoms with E-state index in [1.807, 2.05) is 13.8 Å². The van der Waals surface area contributed by atoms with Gasteiger partial charge < -0.3 is 5.11 Å². The van der Waals surface area contributed by atoms with Crippen LogP contribution in [0.3, 0.4) is 0 Å². The minimum Gasteiger partial charge on any atom is -0.481 e. The maximum Gasteiger partial charge on any atom is 0.310 e. The number of rotatable bonds is 4. The molecule has 2 aromatic heterocycles. The van der Waals surface area contributed by atoms with Crippen molar-refractivity contribution >= 4 is 17.3 Å². The Kier molecular flexibility index (Phi) is 3.36. The van der Waals surface area contributed by atoms with Crippen LogP contribution in [0, 0.1) is 19.3 Å². The zero-order valence-electron chi connectivity index (χ0n) is 11.2. The lowest BCUT2D eigenvalue weighted by molar-refractivity contribution is -0.147. The van der Waals surface area contributed by atoms with Crippen molar-refractivity contribution in [2.75, 3.05) is 0 Å². The van der Waals surface area contributed by atoms with Crippen LogP contribution in [-0.2, 0) is 11.3 Å². The van der Waals surface area contributed by atoms with Crippen LogP contribution in [0.2, 0.25) is 0 Å². The molecule has 0 aliphatic carbocycles. The summed E-state index contributed by atoms with van der Waals surface area (Å²) in [5, 5.41) is 21.6. The van der Waals surface area contributed by atoms with Crippen LogP contribution >= 0.6 is 11.3 Å². The van der Waals surface area contributed by atoms with Gasteiger partial charge in [0.1, 0.15) is 0 Å². The first-order valence-corrected chi connectivity index (χ1v) is 6.57. The Hall–Kier alpha value is -1.83. The van der Waals surface area contributed by atoms with Gasteiger partial charge in [0.15, 0.2) is 5.82 Å². The molecule has 0 saturated heterocycles. The minimum atomic E-state index is -0.933. The molecule has 1 N–H and O–H groups in total. The largest absolute Gasteiger partial charge is 0.481 e. The molecule has 2 heterocycles. The van der Waals surface area contributed by atoms with Crippen molar-refractivity contribution in [3.05, 3.63) is 10.7 Å². The van der Waals surface area contributed by atoms with Gasteiger partial charge in [0, 0.05) is 0 Å². The van der Waals surface area contributed by atoms with E-state index in [-0.39, 0.29) is 6.54 Å². The van der Waals surface area contributed by atoms with E-state index >= 15 is 0 Å². The number of carboxylic acids is 1. The highest BCUT2D eigenvalue weighted by atomic mass is 32.1. The smallest absolute Gasteiger partial charge is 0.310 e. The van der Waals surface area contributed by atoms with E-state index in [4.69, 9.17) is 5.11 Å². The van der Waals surface area contributed by atoms with Crippen molar-refractivity contribution < 1.29 is 9.90 Å². The summed E-state index contributed by atoms with van der Waals surface area (Å²) in [7, 11) is 0. The van der Waals surface area contributed by atoms with E-state index in [9.17, 15) is 4.79 Å². The van der Waals surface area contributed by atoms with Crippen molar-refractivity contribution in [3.63, 3.8) is 0 Å². The number of aliphatic carboxylic acids is 1. The first-order chi connectivity index (χ1) is 8.81. The summed E-state index contributed by atoms with van der Waals surface area (Å²) in [4.78, 5) is 16.4. The first-order valence-electron chi connectivity index (χ1n) is 5.75. The molecule has 0 radical (unpaired) electrons. The standard InChI is InChI=1S/C11H15N5O2S/c1-6-8(19-7(2)12-6)9-13-14-15-16(9)5-11(3,4)10(17)18/h5H2,1-4H3,(H,17,18). The first kappa shape index (κ1) is 13.6. The van der Waals surface area contributed by atoms with Crippen LogP contribution < -0.4 is 0 Å². The van der Waals surface area contributed by atoms with Crippen LogP contribution in [0.5, 0.6) is 0 Å². The van der Waals surface area contributed by atoms with Gasteiger partial charge in [-0.25, -0.2) is 9.67 Å². The number of hydrogen-bond donors (Lipinski definition) is 1. The normalized spacial score (nSPS) is 11.8. The Morgan fingerprint density at radius 2 is 2.11 bits per heavy atom. The number of tetrazole rings is 1. The summed E-state index contributed by atoms with van der Waals surface area (Å²) >= 11 is 1.50. The Morgan fingerprint density at radius 3 is 2.63 bits per heavy atom. The molecule has 0 saturated carbocycles. The van der Waals surface area contributed by atoms with Gasteiger partial charge in [0.05, 0.1) is 27.5 Å². The van der Waals surface area contributed by atoms with Crippen molar-refractivity contribution in [2.24, 2.45) is 5.41 Å². The third-order valence-electron chi connectivity index (χ3n) is 2.76. The second kappa shape index (κ2) is 4.69. The third kappa shape index (κ3) is 2.62. The average molecular weight is 281 g/mol. The van der Waals surface area contributed by atoms with E-state index < -0.39 is 11.4 Å². The fourth-order valence-corrected chi connectivity index (χ4v) is 2.56. The third-order valence-corrected chi connectivity index (χ3v) is 3.83. The fourth-order valence-electron chi connectivity index (χ4n) is 1.65. The lowest BCUT2D eigenvalue weighted by Gasteiger charge is -2.18. The van der Waals surface area contributed by atoms with Crippen LogP contribution in [0.1, 0.15) is 24.5 Å². The van der Waals surface area contributed by atoms with E-state index in [2.05, 4.69) is 20.5 Å². The number of nitrogens with zero attached hydrogens (tertiary/aromatic N) is 5. The molecule has 0 fully saturated rings. The Bertz CT molecular complexity index is 616. The quantitative estimate of drug-likeness (QED) is 0.913. The van der Waals surface area contributed by atoms with Crippen molar-refractivity contribution in [2.45, 2.75) is 34.2 Å². The lowest BCUT2D eigenvalue weighted by atomic mass is 9.94. The Labute approximate surface area is 114 Å². The molecule has 8 heteroatoms. The molecule has 2 rings (SSSR count). The molecule has 0 bridgehead atoms. The van der Waals surface area contributed by atoms with Crippen LogP contribution in [0.4, 0.5) is 0 Å². The van der Waals surface area contributed by atoms with E-state index in [1.165, 1.54) is 16.0 Å². The summed E-state index contributed by atoms with van der Waals surface area (Å²) in [6.07, 6.45) is 0. The van der Waals surface area contributed by atoms with Crippen molar-refractivity contribution in [1.82, 2.24) is 25.2 Å². The molecule has 2 aromatic rings. The van der Waals surface area contributed by atoms with Crippen molar-refractivity contribution in [3.8, 4) is 10.7 Å². The summed E-state index contributed by atoms with van der Waals surface area (Å²) in [5.74, 6) is -0.316. The zero-order valence-corrected chi connectivity index (χ0v) is 12.0. The predicted molar refractivity (Wildman–Crippen MR) is 69.8 cm³/mol. The summed E-state index contributed by atoms with van der Waals surface area (Å²) in [5.41, 5.74) is -0.0794. The molecule has 0 unspecified atom stereocenters. The maximum atomic E-state index is 11.2. The molecular formula is C11H15N5O2S. The Morgan fingerprint density at radius 1 is 1.42 bits per heavy atom. The van der Waals surface area contributed by atoms with Gasteiger partial charge in [-0.2, -0.15) is 0 Å². The van der Waals surface area contributed by atoms with Gasteiger partial charge in [-0.1, -0.05) is 0 Å². The minimum absolute atomic E-state index is 0.209. The summed E-state index contributed by atoms with van der Waals surface area (Å²) < 4.78 is 1.52. The van der Waals surface area contributed by atoms with E-state index in [1.54, 1.807) is 13.8 Å². The summed E-state index contributed by atoms with van der Waals surface area (Å²) in [6.45, 7) is 7.30. The molecule has 102 valence electrons. The average Bonchev–Trinajstić information content (AvgIpc) is 2.84. The van der Waals surface area contributed by atoms with Crippen LogP contribution in [0.25, 0.3) is 10.7 Å². The molecule has 0 aliphatic heterocycles. The topological polar surface area (TPSA) is 93.8 Å². The zero-order chi connectivity index (χ0) is 14.2. The van der Waals surface area contributed by atoms with Gasteiger partial charge in [0.25, 0.3) is 0 Å². The van der Waals surface area contributed by atoms with Gasteiger partial charge in [-0.15, -0.1) is 16.4 Å². The Balaban J connectivity index is 2.38. The molecule has 0 amide bonds. The molecule has 19 heavy (non-hydrogen) atoms. The number of aryl methyl sites for hydroxylation is 2. The van der Waals surface area contributed by atoms with Gasteiger partial charge in [-0.3, -0.25) is 4.79 Å². The monoisotopic (exact) mass is 281 g/mol. The van der Waals surface area contributed by atoms with E-state index in [0.717, 1.165) is 15.6 Å². The number of thiazole rings is 1. The second-order valence-electron chi connectivity index (χ2n) is 5.00. The SMILES string of the molecule is Cc1nc(C)c(-c2nnnn2CC(C)(C)C(=O)O)s1. The lowest BCUT2D eigenvalue weighted by Crippen LogP contribution is -2.30. The second-order valence-corrected chi connectivity index (χ2v) is 6.20. The summed E-state index contributed by atoms with van der Waals surface area (Å²) in [6, 6.07) is 0. The number of hydrogen-bond acceptors (Lipinski definition) is 6. The van der Waals surface area contributed by atoms with E-state index in [0.29, 0.717) is 5.82 Å². The molecule has 7 nitrogen and oxygen atoms in total. The van der Waals surface area contributed by atoms with Gasteiger partial charge in [-0.05, 0) is 38.1 Å². The molecule has 0 atom stereocenters. The van der Waals surface area contributed by atoms with Crippen molar-refractivity contribution in [1.29, 1.82) is 0 Å². The van der Waals surface area contributed by atoms with Gasteiger partial charge in [0.2, 0.25) is 0 Å². The number of carbonyl (C=O) groups is 1. The highest BCUT2D eigenvalue weighted by Gasteiger charge is 2.30. The highest BCUT2D eigenvalue weighted by molar-refractivity contribution is 7.15. The highest BCUT2D eigenvalue weighted by Crippen LogP contribution is 2.29. The fraction of sp³-hybridized carbons (Fsp3) is 0.545. The predicted octanol–water partition coefficient (Wildman–Crippen LogP) is 1.52. The molecular weight excluding hydrogens is 266 g/mol. The number of aromatic nitrogens is 5. The van der Waals surface area contributed by atoms with Gasteiger partial charge >= 0.3 is 5.97 Å². The van der Waals surface area contributed by atoms with Crippen LogP contribution in [-0.4, -0.2) is 36.3 Å². The maximum absolute atomic E-state index is 11.2. The molecule has 0 aromatic carbocycles. The molecule has 0 spiro atoms. The molecule has 0 aliphatic rings. The van der Waals surface area contributed by atoms with Crippen LogP contribution in [0.15, 0.2) is 0 Å².